The van der Waals surface area contributed by atoms with E-state index in [1.165, 1.54) is 17.0 Å². The van der Waals surface area contributed by atoms with Crippen molar-refractivity contribution in [2.24, 2.45) is 0 Å². The number of nitrogens with one attached hydrogen (secondary N) is 1. The van der Waals surface area contributed by atoms with Crippen LogP contribution in [0.25, 0.3) is 0 Å². The van der Waals surface area contributed by atoms with Crippen molar-refractivity contribution in [1.29, 1.82) is 0 Å². The molecule has 2 N–H and O–H groups in total. The first kappa shape index (κ1) is 10.5. The Morgan fingerprint density at radius 1 is 1.46 bits per heavy atom. The van der Waals surface area contributed by atoms with Crippen LogP contribution in [0.4, 0.5) is 0 Å². The molecule has 13 heavy (non-hydrogen) atoms. The van der Waals surface area contributed by atoms with Crippen LogP contribution in [0, 0.1) is 0 Å². The molecule has 1 rings (SSSR count). The van der Waals surface area contributed by atoms with Gasteiger partial charge in [0.1, 0.15) is 0 Å². The molecule has 0 spiro atoms. The molecule has 6 heteroatoms. The fourth-order valence-electron chi connectivity index (χ4n) is 0.848. The summed E-state index contributed by atoms with van der Waals surface area (Å²) in [5.74, 6) is 0.231. The van der Waals surface area contributed by atoms with Gasteiger partial charge in [0.2, 0.25) is 0 Å². The lowest BCUT2D eigenvalue weighted by Gasteiger charge is -2.02. The molecule has 0 amide bonds. The van der Waals surface area contributed by atoms with Gasteiger partial charge in [-0.1, -0.05) is 17.0 Å². The largest absolute Gasteiger partial charge is 0.302 e. The number of alkyl halides is 1. The van der Waals surface area contributed by atoms with E-state index in [2.05, 4.69) is 0 Å². The summed E-state index contributed by atoms with van der Waals surface area (Å²) < 4.78 is 22.1. The van der Waals surface area contributed by atoms with Gasteiger partial charge >= 0.3 is 0 Å². The van der Waals surface area contributed by atoms with Crippen molar-refractivity contribution in [3.63, 3.8) is 0 Å². The van der Waals surface area contributed by atoms with Crippen LogP contribution in [0.2, 0.25) is 0 Å². The highest BCUT2D eigenvalue weighted by molar-refractivity contribution is 7.89. The van der Waals surface area contributed by atoms with Gasteiger partial charge in [-0.05, 0) is 17.7 Å². The van der Waals surface area contributed by atoms with E-state index in [0.29, 0.717) is 5.56 Å². The molecule has 0 aliphatic rings. The van der Waals surface area contributed by atoms with E-state index in [0.717, 1.165) is 0 Å². The second-order valence-corrected chi connectivity index (χ2v) is 4.30. The van der Waals surface area contributed by atoms with Gasteiger partial charge in [0.25, 0.3) is 10.0 Å². The molecule has 0 saturated heterocycles. The van der Waals surface area contributed by atoms with Crippen LogP contribution in [0.1, 0.15) is 5.56 Å². The second kappa shape index (κ2) is 4.06. The summed E-state index contributed by atoms with van der Waals surface area (Å²) in [5, 5.41) is 8.34. The predicted octanol–water partition coefficient (Wildman–Crippen LogP) is 1.09. The lowest BCUT2D eigenvalue weighted by Crippen LogP contribution is -2.19. The lowest BCUT2D eigenvalue weighted by molar-refractivity contribution is 0.242. The first-order valence-corrected chi connectivity index (χ1v) is 5.43. The van der Waals surface area contributed by atoms with Crippen LogP contribution in [-0.2, 0) is 15.9 Å². The van der Waals surface area contributed by atoms with Gasteiger partial charge in [-0.2, -0.15) is 0 Å². The minimum absolute atomic E-state index is 0.00634. The Morgan fingerprint density at radius 3 is 2.69 bits per heavy atom. The Hall–Kier alpha value is -0.620. The summed E-state index contributed by atoms with van der Waals surface area (Å²) in [6, 6.07) is 6.02. The van der Waals surface area contributed by atoms with Crippen LogP contribution >= 0.6 is 11.6 Å². The molecule has 1 aromatic carbocycles. The molecule has 4 nitrogen and oxygen atoms in total. The van der Waals surface area contributed by atoms with Crippen molar-refractivity contribution in [3.8, 4) is 0 Å². The summed E-state index contributed by atoms with van der Waals surface area (Å²) in [6.07, 6.45) is 0. The zero-order chi connectivity index (χ0) is 9.90. The predicted molar refractivity (Wildman–Crippen MR) is 48.1 cm³/mol. The molecule has 0 aliphatic carbocycles. The van der Waals surface area contributed by atoms with Crippen molar-refractivity contribution < 1.29 is 13.6 Å². The van der Waals surface area contributed by atoms with Crippen molar-refractivity contribution in [2.45, 2.75) is 10.8 Å². The third-order valence-corrected chi connectivity index (χ3v) is 2.91. The highest BCUT2D eigenvalue weighted by atomic mass is 35.5. The zero-order valence-electron chi connectivity index (χ0n) is 6.57. The van der Waals surface area contributed by atoms with Gasteiger partial charge in [0, 0.05) is 5.88 Å². The fraction of sp³-hybridized carbons (Fsp3) is 0.143. The molecular formula is C7H8ClNO3S. The van der Waals surface area contributed by atoms with Gasteiger partial charge in [0.05, 0.1) is 4.90 Å². The Balaban J connectivity index is 3.17. The fourth-order valence-corrected chi connectivity index (χ4v) is 1.68. The maximum absolute atomic E-state index is 11.1. The SMILES string of the molecule is O=S(=O)(NO)c1cccc(CCl)c1. The summed E-state index contributed by atoms with van der Waals surface area (Å²) in [6.45, 7) is 0. The minimum Gasteiger partial charge on any atom is -0.302 e. The minimum atomic E-state index is -3.78. The quantitative estimate of drug-likeness (QED) is 0.593. The molecule has 72 valence electrons. The zero-order valence-corrected chi connectivity index (χ0v) is 8.14. The van der Waals surface area contributed by atoms with Crippen LogP contribution < -0.4 is 4.89 Å². The van der Waals surface area contributed by atoms with E-state index in [1.54, 1.807) is 12.1 Å². The highest BCUT2D eigenvalue weighted by Gasteiger charge is 2.11. The molecule has 0 heterocycles. The van der Waals surface area contributed by atoms with Gasteiger partial charge in [-0.25, -0.2) is 8.42 Å². The van der Waals surface area contributed by atoms with Gasteiger partial charge < -0.3 is 5.21 Å². The Labute approximate surface area is 81.2 Å². The monoisotopic (exact) mass is 221 g/mol. The van der Waals surface area contributed by atoms with Gasteiger partial charge in [0.15, 0.2) is 0 Å². The van der Waals surface area contributed by atoms with E-state index in [1.807, 2.05) is 0 Å². The molecule has 0 bridgehead atoms. The lowest BCUT2D eigenvalue weighted by atomic mass is 10.2. The van der Waals surface area contributed by atoms with Crippen molar-refractivity contribution in [2.75, 3.05) is 0 Å². The summed E-state index contributed by atoms with van der Waals surface area (Å²) >= 11 is 5.51. The Bertz CT molecular complexity index is 390. The van der Waals surface area contributed by atoms with Crippen LogP contribution in [-0.4, -0.2) is 13.6 Å². The van der Waals surface area contributed by atoms with E-state index in [4.69, 9.17) is 16.8 Å². The topological polar surface area (TPSA) is 66.4 Å². The molecule has 0 atom stereocenters. The molecule has 0 aromatic heterocycles. The molecule has 0 fully saturated rings. The first-order chi connectivity index (χ1) is 6.10. The number of halogens is 1. The van der Waals surface area contributed by atoms with E-state index < -0.39 is 10.0 Å². The third-order valence-electron chi connectivity index (χ3n) is 1.48. The van der Waals surface area contributed by atoms with Gasteiger partial charge in [-0.15, -0.1) is 11.6 Å². The number of sulfonamides is 1. The standard InChI is InChI=1S/C7H8ClNO3S/c8-5-6-2-1-3-7(4-6)13(11,12)9-10/h1-4,9-10H,5H2. The molecule has 0 aliphatic heterocycles. The second-order valence-electron chi connectivity index (χ2n) is 2.38. The van der Waals surface area contributed by atoms with Crippen LogP contribution in [0.15, 0.2) is 29.2 Å². The Kier molecular flexibility index (Phi) is 3.27. The normalized spacial score (nSPS) is 11.5. The van der Waals surface area contributed by atoms with Crippen molar-refractivity contribution in [3.05, 3.63) is 29.8 Å². The molecule has 1 aromatic rings. The van der Waals surface area contributed by atoms with Crippen LogP contribution in [0.5, 0.6) is 0 Å². The number of benzene rings is 1. The maximum atomic E-state index is 11.1. The number of rotatable bonds is 3. The average molecular weight is 222 g/mol. The summed E-state index contributed by atoms with van der Waals surface area (Å²) in [4.78, 5) is 1.23. The number of hydrogen-bond acceptors (Lipinski definition) is 3. The molecule has 0 saturated carbocycles. The molecule has 0 unspecified atom stereocenters. The van der Waals surface area contributed by atoms with E-state index >= 15 is 0 Å². The third kappa shape index (κ3) is 2.41. The van der Waals surface area contributed by atoms with E-state index in [9.17, 15) is 8.42 Å². The Morgan fingerprint density at radius 2 is 2.15 bits per heavy atom. The summed E-state index contributed by atoms with van der Waals surface area (Å²) in [5.41, 5.74) is 0.679. The van der Waals surface area contributed by atoms with E-state index in [-0.39, 0.29) is 10.8 Å². The summed E-state index contributed by atoms with van der Waals surface area (Å²) in [7, 11) is -3.78. The highest BCUT2D eigenvalue weighted by Crippen LogP contribution is 2.12. The maximum Gasteiger partial charge on any atom is 0.262 e. The molecule has 0 radical (unpaired) electrons. The molecular weight excluding hydrogens is 214 g/mol. The average Bonchev–Trinajstić information content (AvgIpc) is 2.18. The van der Waals surface area contributed by atoms with Crippen molar-refractivity contribution >= 4 is 21.6 Å². The van der Waals surface area contributed by atoms with Gasteiger partial charge in [-0.3, -0.25) is 0 Å². The first-order valence-electron chi connectivity index (χ1n) is 3.41. The van der Waals surface area contributed by atoms with Crippen molar-refractivity contribution in [1.82, 2.24) is 4.89 Å². The van der Waals surface area contributed by atoms with Crippen LogP contribution in [0.3, 0.4) is 0 Å². The number of hydrogen-bond donors (Lipinski definition) is 2. The smallest absolute Gasteiger partial charge is 0.262 e.